The first-order chi connectivity index (χ1) is 11.9. The predicted octanol–water partition coefficient (Wildman–Crippen LogP) is 3.16. The zero-order valence-corrected chi connectivity index (χ0v) is 15.4. The SMILES string of the molecule is Cc1ccc(CS(=O)(=O)Nc2ccc(N3CCOCC3C)cc2)cc1. The molecule has 2 aromatic rings. The van der Waals surface area contributed by atoms with Gasteiger partial charge in [0, 0.05) is 24.0 Å². The van der Waals surface area contributed by atoms with Crippen molar-refractivity contribution < 1.29 is 13.2 Å². The summed E-state index contributed by atoms with van der Waals surface area (Å²) in [6.45, 7) is 6.38. The van der Waals surface area contributed by atoms with Gasteiger partial charge in [0.25, 0.3) is 0 Å². The molecule has 25 heavy (non-hydrogen) atoms. The number of hydrogen-bond acceptors (Lipinski definition) is 4. The fraction of sp³-hybridized carbons (Fsp3) is 0.368. The van der Waals surface area contributed by atoms with Crippen LogP contribution in [0.15, 0.2) is 48.5 Å². The summed E-state index contributed by atoms with van der Waals surface area (Å²) in [7, 11) is -3.43. The summed E-state index contributed by atoms with van der Waals surface area (Å²) in [5, 5.41) is 0. The maximum absolute atomic E-state index is 12.4. The van der Waals surface area contributed by atoms with Crippen molar-refractivity contribution in [1.82, 2.24) is 0 Å². The lowest BCUT2D eigenvalue weighted by atomic mass is 10.2. The first-order valence-corrected chi connectivity index (χ1v) is 10.1. The van der Waals surface area contributed by atoms with E-state index in [1.54, 1.807) is 0 Å². The molecule has 0 aliphatic carbocycles. The summed E-state index contributed by atoms with van der Waals surface area (Å²) in [6.07, 6.45) is 0. The molecule has 0 bridgehead atoms. The fourth-order valence-electron chi connectivity index (χ4n) is 2.95. The number of anilines is 2. The van der Waals surface area contributed by atoms with Crippen molar-refractivity contribution in [3.8, 4) is 0 Å². The second-order valence-electron chi connectivity index (χ2n) is 6.51. The van der Waals surface area contributed by atoms with Gasteiger partial charge in [0.15, 0.2) is 0 Å². The number of rotatable bonds is 5. The highest BCUT2D eigenvalue weighted by Gasteiger charge is 2.19. The first-order valence-electron chi connectivity index (χ1n) is 8.43. The van der Waals surface area contributed by atoms with Crippen LogP contribution in [0.3, 0.4) is 0 Å². The first kappa shape index (κ1) is 17.8. The van der Waals surface area contributed by atoms with E-state index in [2.05, 4.69) is 16.5 Å². The van der Waals surface area contributed by atoms with Gasteiger partial charge < -0.3 is 9.64 Å². The molecular formula is C19H24N2O3S. The van der Waals surface area contributed by atoms with Crippen LogP contribution in [-0.2, 0) is 20.5 Å². The van der Waals surface area contributed by atoms with Crippen molar-refractivity contribution in [3.63, 3.8) is 0 Å². The molecule has 3 rings (SSSR count). The molecule has 1 fully saturated rings. The van der Waals surface area contributed by atoms with Crippen LogP contribution in [0.25, 0.3) is 0 Å². The number of aryl methyl sites for hydroxylation is 1. The number of hydrogen-bond donors (Lipinski definition) is 1. The van der Waals surface area contributed by atoms with E-state index in [1.807, 2.05) is 55.5 Å². The molecule has 0 saturated carbocycles. The van der Waals surface area contributed by atoms with Gasteiger partial charge in [0.1, 0.15) is 0 Å². The molecule has 1 unspecified atom stereocenters. The summed E-state index contributed by atoms with van der Waals surface area (Å²) in [6, 6.07) is 15.4. The van der Waals surface area contributed by atoms with E-state index in [0.29, 0.717) is 18.3 Å². The van der Waals surface area contributed by atoms with E-state index in [1.165, 1.54) is 0 Å². The van der Waals surface area contributed by atoms with E-state index in [-0.39, 0.29) is 5.75 Å². The highest BCUT2D eigenvalue weighted by molar-refractivity contribution is 7.91. The molecule has 1 saturated heterocycles. The normalized spacial score (nSPS) is 18.2. The van der Waals surface area contributed by atoms with Crippen LogP contribution >= 0.6 is 0 Å². The third kappa shape index (κ3) is 4.74. The van der Waals surface area contributed by atoms with Gasteiger partial charge in [-0.2, -0.15) is 0 Å². The molecule has 5 nitrogen and oxygen atoms in total. The van der Waals surface area contributed by atoms with E-state index in [4.69, 9.17) is 4.74 Å². The molecule has 0 amide bonds. The van der Waals surface area contributed by atoms with Crippen molar-refractivity contribution in [2.24, 2.45) is 0 Å². The van der Waals surface area contributed by atoms with Gasteiger partial charge >= 0.3 is 0 Å². The molecule has 0 aromatic heterocycles. The number of benzene rings is 2. The third-order valence-corrected chi connectivity index (χ3v) is 5.58. The minimum Gasteiger partial charge on any atom is -0.377 e. The molecule has 1 atom stereocenters. The summed E-state index contributed by atoms with van der Waals surface area (Å²) in [4.78, 5) is 2.27. The molecular weight excluding hydrogens is 336 g/mol. The Kier molecular flexibility index (Phi) is 5.30. The lowest BCUT2D eigenvalue weighted by Crippen LogP contribution is -2.43. The second-order valence-corrected chi connectivity index (χ2v) is 8.23. The van der Waals surface area contributed by atoms with E-state index in [0.717, 1.165) is 30.0 Å². The lowest BCUT2D eigenvalue weighted by Gasteiger charge is -2.35. The van der Waals surface area contributed by atoms with E-state index >= 15 is 0 Å². The topological polar surface area (TPSA) is 58.6 Å². The highest BCUT2D eigenvalue weighted by Crippen LogP contribution is 2.22. The van der Waals surface area contributed by atoms with Crippen LogP contribution in [0, 0.1) is 6.92 Å². The van der Waals surface area contributed by atoms with Crippen molar-refractivity contribution in [1.29, 1.82) is 0 Å². The van der Waals surface area contributed by atoms with Gasteiger partial charge in [-0.05, 0) is 43.7 Å². The number of ether oxygens (including phenoxy) is 1. The average Bonchev–Trinajstić information content (AvgIpc) is 2.58. The van der Waals surface area contributed by atoms with Gasteiger partial charge in [-0.3, -0.25) is 4.72 Å². The molecule has 0 spiro atoms. The smallest absolute Gasteiger partial charge is 0.236 e. The average molecular weight is 360 g/mol. The fourth-order valence-corrected chi connectivity index (χ4v) is 4.15. The van der Waals surface area contributed by atoms with Gasteiger partial charge in [-0.25, -0.2) is 8.42 Å². The molecule has 1 heterocycles. The third-order valence-electron chi connectivity index (χ3n) is 4.32. The maximum Gasteiger partial charge on any atom is 0.236 e. The van der Waals surface area contributed by atoms with Crippen LogP contribution in [0.5, 0.6) is 0 Å². The number of sulfonamides is 1. The lowest BCUT2D eigenvalue weighted by molar-refractivity contribution is 0.0989. The molecule has 134 valence electrons. The molecule has 0 radical (unpaired) electrons. The van der Waals surface area contributed by atoms with Gasteiger partial charge in [0.05, 0.1) is 19.0 Å². The maximum atomic E-state index is 12.4. The molecule has 1 N–H and O–H groups in total. The highest BCUT2D eigenvalue weighted by atomic mass is 32.2. The summed E-state index contributed by atoms with van der Waals surface area (Å²) < 4.78 is 32.8. The standard InChI is InChI=1S/C19H24N2O3S/c1-15-3-5-17(6-4-15)14-25(22,23)20-18-7-9-19(10-8-18)21-11-12-24-13-16(21)2/h3-10,16,20H,11-14H2,1-2H3. The van der Waals surface area contributed by atoms with Crippen LogP contribution in [-0.4, -0.2) is 34.2 Å². The second kappa shape index (κ2) is 7.45. The van der Waals surface area contributed by atoms with Crippen LogP contribution in [0.4, 0.5) is 11.4 Å². The summed E-state index contributed by atoms with van der Waals surface area (Å²) in [5.41, 5.74) is 3.55. The van der Waals surface area contributed by atoms with Crippen LogP contribution in [0.2, 0.25) is 0 Å². The summed E-state index contributed by atoms with van der Waals surface area (Å²) in [5.74, 6) is -0.0322. The molecule has 6 heteroatoms. The summed E-state index contributed by atoms with van der Waals surface area (Å²) >= 11 is 0. The Balaban J connectivity index is 1.66. The molecule has 1 aliphatic rings. The van der Waals surface area contributed by atoms with Crippen molar-refractivity contribution in [3.05, 3.63) is 59.7 Å². The Hall–Kier alpha value is -2.05. The van der Waals surface area contributed by atoms with Crippen molar-refractivity contribution in [2.75, 3.05) is 29.4 Å². The van der Waals surface area contributed by atoms with Crippen molar-refractivity contribution in [2.45, 2.75) is 25.6 Å². The quantitative estimate of drug-likeness (QED) is 0.890. The van der Waals surface area contributed by atoms with Gasteiger partial charge in [0.2, 0.25) is 10.0 Å². The minimum atomic E-state index is -3.43. The van der Waals surface area contributed by atoms with Crippen LogP contribution < -0.4 is 9.62 Å². The Morgan fingerprint density at radius 2 is 1.80 bits per heavy atom. The van der Waals surface area contributed by atoms with Gasteiger partial charge in [-0.15, -0.1) is 0 Å². The van der Waals surface area contributed by atoms with Crippen molar-refractivity contribution >= 4 is 21.4 Å². The zero-order chi connectivity index (χ0) is 17.9. The Morgan fingerprint density at radius 3 is 2.44 bits per heavy atom. The number of nitrogens with zero attached hydrogens (tertiary/aromatic N) is 1. The largest absolute Gasteiger partial charge is 0.377 e. The monoisotopic (exact) mass is 360 g/mol. The minimum absolute atomic E-state index is 0.0322. The Bertz CT molecular complexity index is 802. The van der Waals surface area contributed by atoms with E-state index in [9.17, 15) is 8.42 Å². The van der Waals surface area contributed by atoms with Crippen LogP contribution in [0.1, 0.15) is 18.1 Å². The number of nitrogens with one attached hydrogen (secondary N) is 1. The Labute approximate surface area is 149 Å². The van der Waals surface area contributed by atoms with Gasteiger partial charge in [-0.1, -0.05) is 29.8 Å². The Morgan fingerprint density at radius 1 is 1.12 bits per heavy atom. The molecule has 2 aromatic carbocycles. The predicted molar refractivity (Wildman–Crippen MR) is 101 cm³/mol. The molecule has 1 aliphatic heterocycles. The van der Waals surface area contributed by atoms with E-state index < -0.39 is 10.0 Å². The zero-order valence-electron chi connectivity index (χ0n) is 14.6. The number of morpholine rings is 1.